The van der Waals surface area contributed by atoms with Crippen LogP contribution in [0.25, 0.3) is 0 Å². The summed E-state index contributed by atoms with van der Waals surface area (Å²) in [6.45, 7) is 6.37. The summed E-state index contributed by atoms with van der Waals surface area (Å²) in [4.78, 5) is 10.7. The van der Waals surface area contributed by atoms with E-state index in [4.69, 9.17) is 5.11 Å². The largest absolute Gasteiger partial charge is 0.480 e. The lowest BCUT2D eigenvalue weighted by molar-refractivity contribution is -0.137. The molecule has 7 heteroatoms. The van der Waals surface area contributed by atoms with Crippen molar-refractivity contribution in [1.29, 1.82) is 0 Å². The zero-order valence-electron chi connectivity index (χ0n) is 11.4. The van der Waals surface area contributed by atoms with Crippen LogP contribution in [0.15, 0.2) is 0 Å². The third-order valence-electron chi connectivity index (χ3n) is 3.18. The fraction of sp³-hybridized carbons (Fsp3) is 0.818. The molecule has 0 spiro atoms. The Hall–Kier alpha value is -1.40. The Balaban J connectivity index is 2.80. The molecule has 1 rings (SSSR count). The third kappa shape index (κ3) is 4.12. The van der Waals surface area contributed by atoms with Gasteiger partial charge in [0.2, 0.25) is 7.28 Å². The second-order valence-electron chi connectivity index (χ2n) is 5.13. The van der Waals surface area contributed by atoms with Gasteiger partial charge < -0.3 is 5.11 Å². The fourth-order valence-corrected chi connectivity index (χ4v) is 2.49. The van der Waals surface area contributed by atoms with E-state index in [0.717, 1.165) is 33.0 Å². The molecule has 0 fully saturated rings. The molecule has 0 unspecified atom stereocenters. The first kappa shape index (κ1) is 14.7. The Bertz CT molecular complexity index is 388. The van der Waals surface area contributed by atoms with Gasteiger partial charge in [-0.2, -0.15) is 0 Å². The van der Waals surface area contributed by atoms with Gasteiger partial charge in [-0.05, 0) is 15.7 Å². The molecule has 100 valence electrons. The summed E-state index contributed by atoms with van der Waals surface area (Å²) in [7, 11) is 0.731. The Labute approximate surface area is 108 Å². The Kier molecular flexibility index (Phi) is 5.31. The minimum absolute atomic E-state index is 0.147. The highest BCUT2D eigenvalue weighted by Crippen LogP contribution is 2.35. The van der Waals surface area contributed by atoms with E-state index in [0.29, 0.717) is 5.72 Å². The van der Waals surface area contributed by atoms with E-state index in [1.807, 2.05) is 0 Å². The van der Waals surface area contributed by atoms with Crippen molar-refractivity contribution in [2.45, 2.75) is 58.3 Å². The number of aromatic nitrogens is 4. The predicted octanol–water partition coefficient (Wildman–Crippen LogP) is 0.598. The van der Waals surface area contributed by atoms with Crippen molar-refractivity contribution in [3.05, 3.63) is 0 Å². The first-order chi connectivity index (χ1) is 8.50. The van der Waals surface area contributed by atoms with Gasteiger partial charge in [0.05, 0.1) is 0 Å². The van der Waals surface area contributed by atoms with Crippen molar-refractivity contribution in [3.63, 3.8) is 0 Å². The number of tetrazole rings is 1. The van der Waals surface area contributed by atoms with E-state index < -0.39 is 5.97 Å². The molecule has 0 aromatic carbocycles. The van der Waals surface area contributed by atoms with E-state index in [9.17, 15) is 4.79 Å². The van der Waals surface area contributed by atoms with Gasteiger partial charge in [0, 0.05) is 0 Å². The zero-order valence-corrected chi connectivity index (χ0v) is 11.4. The average Bonchev–Trinajstić information content (AvgIpc) is 2.65. The van der Waals surface area contributed by atoms with Gasteiger partial charge in [-0.25, -0.2) is 4.68 Å². The summed E-state index contributed by atoms with van der Waals surface area (Å²) < 4.78 is 1.38. The molecule has 0 aliphatic carbocycles. The lowest BCUT2D eigenvalue weighted by atomic mass is 9.49. The molecule has 0 bridgehead atoms. The van der Waals surface area contributed by atoms with Crippen molar-refractivity contribution >= 4 is 19.0 Å². The summed E-state index contributed by atoms with van der Waals surface area (Å²) in [5.74, 6) is -0.920. The van der Waals surface area contributed by atoms with Crippen molar-refractivity contribution in [2.24, 2.45) is 0 Å². The standard InChI is InChI=1S/C11H21BN4O2/c1-4-6-11(3,7-5-2)12-10-13-14-15-16(10)8-9(17)18/h12H,4-8H2,1-3H3,(H,17,18). The third-order valence-corrected chi connectivity index (χ3v) is 3.18. The topological polar surface area (TPSA) is 80.9 Å². The molecule has 0 saturated heterocycles. The number of carboxylic acids is 1. The molecule has 0 saturated carbocycles. The maximum absolute atomic E-state index is 10.7. The number of rotatable bonds is 8. The molecule has 1 N–H and O–H groups in total. The lowest BCUT2D eigenvalue weighted by Gasteiger charge is -2.27. The van der Waals surface area contributed by atoms with Crippen molar-refractivity contribution in [3.8, 4) is 0 Å². The van der Waals surface area contributed by atoms with Crippen molar-refractivity contribution < 1.29 is 9.90 Å². The quantitative estimate of drug-likeness (QED) is 0.685. The van der Waals surface area contributed by atoms with Crippen LogP contribution in [0.1, 0.15) is 46.5 Å². The number of carboxylic acid groups (broad SMARTS) is 1. The van der Waals surface area contributed by atoms with Crippen LogP contribution in [0.3, 0.4) is 0 Å². The summed E-state index contributed by atoms with van der Waals surface area (Å²) in [6, 6.07) is 0. The maximum atomic E-state index is 10.7. The average molecular weight is 252 g/mol. The molecule has 0 atom stereocenters. The van der Waals surface area contributed by atoms with E-state index in [1.54, 1.807) is 0 Å². The molecule has 0 amide bonds. The number of aliphatic carboxylic acids is 1. The summed E-state index contributed by atoms with van der Waals surface area (Å²) in [5, 5.41) is 20.2. The van der Waals surface area contributed by atoms with E-state index in [2.05, 4.69) is 36.3 Å². The highest BCUT2D eigenvalue weighted by Gasteiger charge is 2.28. The number of hydrogen-bond acceptors (Lipinski definition) is 4. The Morgan fingerprint density at radius 1 is 1.39 bits per heavy atom. The van der Waals surface area contributed by atoms with Crippen LogP contribution in [-0.4, -0.2) is 38.6 Å². The van der Waals surface area contributed by atoms with Crippen LogP contribution in [0.4, 0.5) is 0 Å². The Morgan fingerprint density at radius 3 is 2.50 bits per heavy atom. The molecule has 0 aliphatic heterocycles. The van der Waals surface area contributed by atoms with Crippen LogP contribution < -0.4 is 5.72 Å². The molecule has 18 heavy (non-hydrogen) atoms. The molecular weight excluding hydrogens is 231 g/mol. The minimum atomic E-state index is -0.920. The minimum Gasteiger partial charge on any atom is -0.480 e. The van der Waals surface area contributed by atoms with Gasteiger partial charge >= 0.3 is 5.97 Å². The first-order valence-corrected chi connectivity index (χ1v) is 6.47. The normalized spacial score (nSPS) is 11.5. The molecule has 0 radical (unpaired) electrons. The molecule has 1 aromatic heterocycles. The van der Waals surface area contributed by atoms with Gasteiger partial charge in [0.25, 0.3) is 0 Å². The summed E-state index contributed by atoms with van der Waals surface area (Å²) in [6.07, 6.45) is 4.41. The van der Waals surface area contributed by atoms with E-state index in [-0.39, 0.29) is 11.9 Å². The first-order valence-electron chi connectivity index (χ1n) is 6.47. The predicted molar refractivity (Wildman–Crippen MR) is 70.4 cm³/mol. The fourth-order valence-electron chi connectivity index (χ4n) is 2.49. The van der Waals surface area contributed by atoms with Crippen LogP contribution in [0.2, 0.25) is 5.31 Å². The van der Waals surface area contributed by atoms with Crippen molar-refractivity contribution in [1.82, 2.24) is 20.2 Å². The van der Waals surface area contributed by atoms with Gasteiger partial charge in [0.15, 0.2) is 0 Å². The van der Waals surface area contributed by atoms with Crippen molar-refractivity contribution in [2.75, 3.05) is 0 Å². The number of carbonyl (C=O) groups is 1. The molecular formula is C11H21BN4O2. The smallest absolute Gasteiger partial charge is 0.325 e. The summed E-state index contributed by atoms with van der Waals surface area (Å²) >= 11 is 0. The van der Waals surface area contributed by atoms with Gasteiger partial charge in [-0.3, -0.25) is 4.79 Å². The monoisotopic (exact) mass is 252 g/mol. The molecule has 1 heterocycles. The maximum Gasteiger partial charge on any atom is 0.325 e. The van der Waals surface area contributed by atoms with E-state index in [1.165, 1.54) is 4.68 Å². The lowest BCUT2D eigenvalue weighted by Crippen LogP contribution is -2.36. The summed E-state index contributed by atoms with van der Waals surface area (Å²) in [5.41, 5.74) is 0.668. The van der Waals surface area contributed by atoms with Crippen LogP contribution >= 0.6 is 0 Å². The second kappa shape index (κ2) is 6.51. The number of hydrogen-bond donors (Lipinski definition) is 1. The Morgan fingerprint density at radius 2 is 2.00 bits per heavy atom. The number of nitrogens with zero attached hydrogens (tertiary/aromatic N) is 4. The molecule has 6 nitrogen and oxygen atoms in total. The highest BCUT2D eigenvalue weighted by atomic mass is 16.4. The van der Waals surface area contributed by atoms with Crippen LogP contribution in [0, 0.1) is 0 Å². The van der Waals surface area contributed by atoms with Crippen LogP contribution in [-0.2, 0) is 11.3 Å². The van der Waals surface area contributed by atoms with Crippen LogP contribution in [0.5, 0.6) is 0 Å². The molecule has 0 aliphatic rings. The van der Waals surface area contributed by atoms with E-state index >= 15 is 0 Å². The molecule has 1 aromatic rings. The highest BCUT2D eigenvalue weighted by molar-refractivity contribution is 6.54. The SMILES string of the molecule is CCCC(C)(Bc1nnnn1CC(=O)O)CCC. The second-order valence-corrected chi connectivity index (χ2v) is 5.13. The zero-order chi connectivity index (χ0) is 13.6. The van der Waals surface area contributed by atoms with Gasteiger partial charge in [-0.15, -0.1) is 5.10 Å². The van der Waals surface area contributed by atoms with Gasteiger partial charge in [-0.1, -0.05) is 46.5 Å². The van der Waals surface area contributed by atoms with Gasteiger partial charge in [0.1, 0.15) is 12.3 Å².